The number of carbonyl (C=O) groups is 1. The highest BCUT2D eigenvalue weighted by molar-refractivity contribution is 9.10. The van der Waals surface area contributed by atoms with Crippen molar-refractivity contribution in [3.05, 3.63) is 64.1 Å². The van der Waals surface area contributed by atoms with Gasteiger partial charge in [0.1, 0.15) is 5.75 Å². The second-order valence-electron chi connectivity index (χ2n) is 4.02. The Morgan fingerprint density at radius 1 is 1.06 bits per heavy atom. The number of benzene rings is 2. The van der Waals surface area contributed by atoms with Gasteiger partial charge in [0.25, 0.3) is 5.91 Å². The molecule has 3 rings (SSSR count). The van der Waals surface area contributed by atoms with Crippen LogP contribution in [-0.4, -0.2) is 5.91 Å². The summed E-state index contributed by atoms with van der Waals surface area (Å²) in [6.45, 7) is 0. The van der Waals surface area contributed by atoms with Gasteiger partial charge in [0.2, 0.25) is 0 Å². The van der Waals surface area contributed by atoms with Crippen molar-refractivity contribution in [3.63, 3.8) is 0 Å². The highest BCUT2D eigenvalue weighted by atomic mass is 79.9. The van der Waals surface area contributed by atoms with Crippen LogP contribution in [0.2, 0.25) is 0 Å². The van der Waals surface area contributed by atoms with E-state index in [0.717, 1.165) is 10.0 Å². The Morgan fingerprint density at radius 2 is 1.78 bits per heavy atom. The van der Waals surface area contributed by atoms with Gasteiger partial charge in [-0.25, -0.2) is 0 Å². The monoisotopic (exact) mass is 303 g/mol. The molecule has 90 valence electrons. The molecule has 0 aliphatic carbocycles. The fraction of sp³-hybridized carbons (Fsp3) is 0.0714. The van der Waals surface area contributed by atoms with Crippen LogP contribution in [0, 0.1) is 0 Å². The van der Waals surface area contributed by atoms with Crippen molar-refractivity contribution in [1.29, 1.82) is 0 Å². The summed E-state index contributed by atoms with van der Waals surface area (Å²) in [7, 11) is 0. The number of ether oxygens (including phenoxy) is 1. The van der Waals surface area contributed by atoms with Crippen molar-refractivity contribution in [2.24, 2.45) is 0 Å². The maximum atomic E-state index is 11.9. The van der Waals surface area contributed by atoms with E-state index in [1.165, 1.54) is 0 Å². The van der Waals surface area contributed by atoms with Gasteiger partial charge in [-0.1, -0.05) is 40.2 Å². The number of para-hydroxylation sites is 1. The van der Waals surface area contributed by atoms with Crippen LogP contribution in [0.1, 0.15) is 22.1 Å². The zero-order chi connectivity index (χ0) is 12.5. The predicted octanol–water partition coefficient (Wildman–Crippen LogP) is 3.27. The molecule has 1 aliphatic heterocycles. The van der Waals surface area contributed by atoms with E-state index in [0.29, 0.717) is 11.3 Å². The average Bonchev–Trinajstić information content (AvgIpc) is 2.39. The molecule has 4 heteroatoms. The summed E-state index contributed by atoms with van der Waals surface area (Å²) < 4.78 is 6.78. The third-order valence-corrected chi connectivity index (χ3v) is 3.34. The number of amides is 1. The van der Waals surface area contributed by atoms with E-state index in [1.807, 2.05) is 36.4 Å². The van der Waals surface area contributed by atoms with Gasteiger partial charge in [0, 0.05) is 10.0 Å². The topological polar surface area (TPSA) is 38.3 Å². The number of rotatable bonds is 1. The molecule has 0 bridgehead atoms. The van der Waals surface area contributed by atoms with Crippen molar-refractivity contribution >= 4 is 21.8 Å². The van der Waals surface area contributed by atoms with E-state index < -0.39 is 6.23 Å². The van der Waals surface area contributed by atoms with Crippen LogP contribution in [0.4, 0.5) is 0 Å². The largest absolute Gasteiger partial charge is 0.466 e. The van der Waals surface area contributed by atoms with Gasteiger partial charge in [-0.15, -0.1) is 0 Å². The lowest BCUT2D eigenvalue weighted by Crippen LogP contribution is -2.36. The molecule has 18 heavy (non-hydrogen) atoms. The van der Waals surface area contributed by atoms with Crippen LogP contribution in [0.5, 0.6) is 5.75 Å². The molecule has 0 radical (unpaired) electrons. The molecule has 0 unspecified atom stereocenters. The molecule has 0 saturated carbocycles. The number of nitrogens with one attached hydrogen (secondary N) is 1. The first-order valence-electron chi connectivity index (χ1n) is 5.56. The van der Waals surface area contributed by atoms with Gasteiger partial charge in [-0.2, -0.15) is 0 Å². The molecular weight excluding hydrogens is 294 g/mol. The number of hydrogen-bond donors (Lipinski definition) is 1. The molecule has 2 aromatic rings. The fourth-order valence-electron chi connectivity index (χ4n) is 1.90. The summed E-state index contributed by atoms with van der Waals surface area (Å²) in [6, 6.07) is 14.9. The van der Waals surface area contributed by atoms with Crippen molar-refractivity contribution < 1.29 is 9.53 Å². The smallest absolute Gasteiger partial charge is 0.258 e. The van der Waals surface area contributed by atoms with Crippen molar-refractivity contribution in [3.8, 4) is 5.75 Å². The maximum Gasteiger partial charge on any atom is 0.258 e. The first kappa shape index (κ1) is 11.3. The highest BCUT2D eigenvalue weighted by Crippen LogP contribution is 2.29. The Labute approximate surface area is 113 Å². The van der Waals surface area contributed by atoms with Gasteiger partial charge in [-0.05, 0) is 24.3 Å². The molecule has 2 aromatic carbocycles. The fourth-order valence-corrected chi connectivity index (χ4v) is 2.16. The number of halogens is 1. The zero-order valence-electron chi connectivity index (χ0n) is 9.39. The summed E-state index contributed by atoms with van der Waals surface area (Å²) in [5.41, 5.74) is 1.49. The summed E-state index contributed by atoms with van der Waals surface area (Å²) in [6.07, 6.45) is -0.430. The quantitative estimate of drug-likeness (QED) is 0.878. The Bertz CT molecular complexity index is 595. The summed E-state index contributed by atoms with van der Waals surface area (Å²) in [5, 5.41) is 2.83. The second-order valence-corrected chi connectivity index (χ2v) is 4.93. The Morgan fingerprint density at radius 3 is 2.56 bits per heavy atom. The van der Waals surface area contributed by atoms with Gasteiger partial charge in [0.15, 0.2) is 6.23 Å². The zero-order valence-corrected chi connectivity index (χ0v) is 11.0. The normalized spacial score (nSPS) is 17.6. The van der Waals surface area contributed by atoms with Crippen LogP contribution in [-0.2, 0) is 0 Å². The second kappa shape index (κ2) is 4.46. The number of hydrogen-bond acceptors (Lipinski definition) is 2. The van der Waals surface area contributed by atoms with Gasteiger partial charge >= 0.3 is 0 Å². The molecule has 1 amide bonds. The molecular formula is C14H10BrNO2. The Hall–Kier alpha value is -1.81. The Kier molecular flexibility index (Phi) is 2.80. The maximum absolute atomic E-state index is 11.9. The lowest BCUT2D eigenvalue weighted by Gasteiger charge is -2.26. The van der Waals surface area contributed by atoms with E-state index in [9.17, 15) is 4.79 Å². The van der Waals surface area contributed by atoms with Crippen LogP contribution in [0.15, 0.2) is 53.0 Å². The van der Waals surface area contributed by atoms with Crippen molar-refractivity contribution in [2.45, 2.75) is 6.23 Å². The lowest BCUT2D eigenvalue weighted by atomic mass is 10.1. The number of fused-ring (bicyclic) bond motifs is 1. The SMILES string of the molecule is O=C1N[C@H](c2ccc(Br)cc2)Oc2ccccc21. The van der Waals surface area contributed by atoms with E-state index >= 15 is 0 Å². The van der Waals surface area contributed by atoms with Crippen molar-refractivity contribution in [2.75, 3.05) is 0 Å². The van der Waals surface area contributed by atoms with Crippen LogP contribution in [0.3, 0.4) is 0 Å². The molecule has 1 heterocycles. The molecule has 0 spiro atoms. The van der Waals surface area contributed by atoms with Gasteiger partial charge in [-0.3, -0.25) is 4.79 Å². The molecule has 3 nitrogen and oxygen atoms in total. The van der Waals surface area contributed by atoms with Crippen LogP contribution >= 0.6 is 15.9 Å². The average molecular weight is 304 g/mol. The van der Waals surface area contributed by atoms with E-state index in [2.05, 4.69) is 21.2 Å². The third-order valence-electron chi connectivity index (χ3n) is 2.81. The third kappa shape index (κ3) is 1.99. The standard InChI is InChI=1S/C14H10BrNO2/c15-10-7-5-9(6-8-10)14-16-13(17)11-3-1-2-4-12(11)18-14/h1-8,14H,(H,16,17)/t14-/m0/s1. The van der Waals surface area contributed by atoms with Crippen molar-refractivity contribution in [1.82, 2.24) is 5.32 Å². The molecule has 0 aromatic heterocycles. The van der Waals surface area contributed by atoms with Crippen LogP contribution < -0.4 is 10.1 Å². The summed E-state index contributed by atoms with van der Waals surface area (Å²) >= 11 is 3.38. The first-order chi connectivity index (χ1) is 8.74. The predicted molar refractivity (Wildman–Crippen MR) is 71.4 cm³/mol. The minimum Gasteiger partial charge on any atom is -0.466 e. The molecule has 1 aliphatic rings. The van der Waals surface area contributed by atoms with E-state index in [-0.39, 0.29) is 5.91 Å². The minimum absolute atomic E-state index is 0.107. The van der Waals surface area contributed by atoms with E-state index in [1.54, 1.807) is 12.1 Å². The van der Waals surface area contributed by atoms with Gasteiger partial charge < -0.3 is 10.1 Å². The molecule has 1 N–H and O–H groups in total. The lowest BCUT2D eigenvalue weighted by molar-refractivity contribution is 0.0756. The molecule has 0 fully saturated rings. The summed E-state index contributed by atoms with van der Waals surface area (Å²) in [4.78, 5) is 11.9. The number of carbonyl (C=O) groups excluding carboxylic acids is 1. The van der Waals surface area contributed by atoms with Gasteiger partial charge in [0.05, 0.1) is 5.56 Å². The first-order valence-corrected chi connectivity index (χ1v) is 6.35. The van der Waals surface area contributed by atoms with Crippen LogP contribution in [0.25, 0.3) is 0 Å². The minimum atomic E-state index is -0.430. The summed E-state index contributed by atoms with van der Waals surface area (Å²) in [5.74, 6) is 0.513. The van der Waals surface area contributed by atoms with E-state index in [4.69, 9.17) is 4.74 Å². The molecule has 0 saturated heterocycles. The Balaban J connectivity index is 1.94. The molecule has 1 atom stereocenters. The highest BCUT2D eigenvalue weighted by Gasteiger charge is 2.25.